The topological polar surface area (TPSA) is 27.7 Å². The quantitative estimate of drug-likeness (QED) is 0.589. The molecule has 1 saturated heterocycles. The van der Waals surface area contributed by atoms with Gasteiger partial charge in [0.1, 0.15) is 5.75 Å². The van der Waals surface area contributed by atoms with Crippen LogP contribution in [0.25, 0.3) is 5.57 Å². The van der Waals surface area contributed by atoms with E-state index in [1.807, 2.05) is 6.08 Å². The van der Waals surface area contributed by atoms with E-state index in [4.69, 9.17) is 9.47 Å². The number of benzene rings is 1. The molecule has 1 aliphatic heterocycles. The van der Waals surface area contributed by atoms with Crippen molar-refractivity contribution in [2.45, 2.75) is 44.8 Å². The number of halogens is 3. The molecular weight excluding hydrogens is 357 g/mol. The first-order chi connectivity index (χ1) is 12.9. The van der Waals surface area contributed by atoms with Crippen molar-refractivity contribution in [3.05, 3.63) is 48.6 Å². The van der Waals surface area contributed by atoms with Gasteiger partial charge in [0.05, 0.1) is 13.2 Å². The van der Waals surface area contributed by atoms with Gasteiger partial charge in [0.15, 0.2) is 6.29 Å². The van der Waals surface area contributed by atoms with Crippen molar-refractivity contribution < 1.29 is 27.4 Å². The zero-order chi connectivity index (χ0) is 19.3. The second kappa shape index (κ2) is 8.93. The van der Waals surface area contributed by atoms with Gasteiger partial charge in [-0.25, -0.2) is 0 Å². The lowest BCUT2D eigenvalue weighted by Crippen LogP contribution is -2.37. The Balaban J connectivity index is 1.51. The third-order valence-corrected chi connectivity index (χ3v) is 5.07. The molecule has 0 N–H and O–H groups in total. The summed E-state index contributed by atoms with van der Waals surface area (Å²) in [6.45, 7) is 5.20. The predicted molar refractivity (Wildman–Crippen MR) is 97.1 cm³/mol. The van der Waals surface area contributed by atoms with E-state index in [0.29, 0.717) is 11.8 Å². The fourth-order valence-electron chi connectivity index (χ4n) is 3.58. The Morgan fingerprint density at radius 1 is 1.15 bits per heavy atom. The van der Waals surface area contributed by atoms with Gasteiger partial charge in [0.25, 0.3) is 0 Å². The van der Waals surface area contributed by atoms with Crippen molar-refractivity contribution in [3.63, 3.8) is 0 Å². The van der Waals surface area contributed by atoms with Crippen molar-refractivity contribution in [1.29, 1.82) is 0 Å². The molecule has 1 atom stereocenters. The molecule has 2 aliphatic rings. The van der Waals surface area contributed by atoms with Gasteiger partial charge in [-0.15, -0.1) is 19.8 Å². The molecular formula is C21H25F3O3. The highest BCUT2D eigenvalue weighted by molar-refractivity contribution is 5.66. The number of allylic oxidation sites excluding steroid dienone is 3. The fraction of sp³-hybridized carbons (Fsp3) is 0.524. The summed E-state index contributed by atoms with van der Waals surface area (Å²) in [5.74, 6) is 0.559. The van der Waals surface area contributed by atoms with E-state index >= 15 is 0 Å². The zero-order valence-electron chi connectivity index (χ0n) is 15.2. The second-order valence-corrected chi connectivity index (χ2v) is 7.10. The Bertz CT molecular complexity index is 644. The molecule has 6 heteroatoms. The monoisotopic (exact) mass is 382 g/mol. The Labute approximate surface area is 157 Å². The Kier molecular flexibility index (Phi) is 6.60. The number of hydrogen-bond donors (Lipinski definition) is 0. The molecule has 0 bridgehead atoms. The van der Waals surface area contributed by atoms with Crippen molar-refractivity contribution in [3.8, 4) is 5.75 Å². The molecule has 1 unspecified atom stereocenters. The highest BCUT2D eigenvalue weighted by atomic mass is 19.4. The van der Waals surface area contributed by atoms with Crippen LogP contribution in [0.4, 0.5) is 13.2 Å². The summed E-state index contributed by atoms with van der Waals surface area (Å²) in [6, 6.07) is 6.05. The van der Waals surface area contributed by atoms with Crippen LogP contribution in [0.5, 0.6) is 5.75 Å². The van der Waals surface area contributed by atoms with Gasteiger partial charge in [0, 0.05) is 11.8 Å². The minimum atomic E-state index is -4.66. The van der Waals surface area contributed by atoms with Gasteiger partial charge in [-0.2, -0.15) is 0 Å². The molecule has 1 aromatic rings. The second-order valence-electron chi connectivity index (χ2n) is 7.10. The lowest BCUT2D eigenvalue weighted by Gasteiger charge is -2.35. The highest BCUT2D eigenvalue weighted by Crippen LogP contribution is 2.35. The van der Waals surface area contributed by atoms with E-state index in [0.717, 1.165) is 56.5 Å². The van der Waals surface area contributed by atoms with Crippen molar-refractivity contribution in [1.82, 2.24) is 0 Å². The van der Waals surface area contributed by atoms with E-state index in [9.17, 15) is 13.2 Å². The summed E-state index contributed by atoms with van der Waals surface area (Å²) in [5.41, 5.74) is 2.07. The van der Waals surface area contributed by atoms with Crippen LogP contribution in [0.1, 0.15) is 37.7 Å². The Hall–Kier alpha value is -1.79. The van der Waals surface area contributed by atoms with Crippen molar-refractivity contribution >= 4 is 5.57 Å². The van der Waals surface area contributed by atoms with Gasteiger partial charge in [-0.1, -0.05) is 24.3 Å². The number of alkyl halides is 3. The third kappa shape index (κ3) is 5.84. The molecule has 0 radical (unpaired) electrons. The van der Waals surface area contributed by atoms with Gasteiger partial charge in [-0.3, -0.25) is 0 Å². The summed E-state index contributed by atoms with van der Waals surface area (Å²) >= 11 is 0. The minimum Gasteiger partial charge on any atom is -0.406 e. The normalized spacial score (nSPS) is 26.3. The number of rotatable bonds is 6. The molecule has 1 aliphatic carbocycles. The molecule has 1 fully saturated rings. The summed E-state index contributed by atoms with van der Waals surface area (Å²) in [7, 11) is 0. The predicted octanol–water partition coefficient (Wildman–Crippen LogP) is 5.72. The maximum Gasteiger partial charge on any atom is 0.573 e. The largest absolute Gasteiger partial charge is 0.573 e. The van der Waals surface area contributed by atoms with E-state index in [1.165, 1.54) is 12.1 Å². The van der Waals surface area contributed by atoms with Gasteiger partial charge in [0.2, 0.25) is 0 Å². The van der Waals surface area contributed by atoms with Gasteiger partial charge >= 0.3 is 6.36 Å². The van der Waals surface area contributed by atoms with Crippen LogP contribution in [-0.2, 0) is 9.47 Å². The summed E-state index contributed by atoms with van der Waals surface area (Å²) < 4.78 is 52.5. The first-order valence-electron chi connectivity index (χ1n) is 9.34. The highest BCUT2D eigenvalue weighted by Gasteiger charge is 2.32. The third-order valence-electron chi connectivity index (χ3n) is 5.07. The molecule has 27 heavy (non-hydrogen) atoms. The van der Waals surface area contributed by atoms with E-state index in [1.54, 1.807) is 12.1 Å². The summed E-state index contributed by atoms with van der Waals surface area (Å²) in [4.78, 5) is 0. The van der Waals surface area contributed by atoms with Crippen LogP contribution in [0, 0.1) is 11.8 Å². The fourth-order valence-corrected chi connectivity index (χ4v) is 3.58. The molecule has 3 nitrogen and oxygen atoms in total. The molecule has 1 heterocycles. The standard InChI is InChI=1S/C21H25F3O3/c1-2-3-4-15-13-25-20(26-14-15)18-7-5-16(6-8-18)17-9-11-19(12-10-17)27-21(22,23)24/h2,5,9-12,15,18,20H,1,3-4,6-8,13-14H2. The van der Waals surface area contributed by atoms with Crippen LogP contribution in [0.2, 0.25) is 0 Å². The Morgan fingerprint density at radius 2 is 1.85 bits per heavy atom. The summed E-state index contributed by atoms with van der Waals surface area (Å²) in [6.07, 6.45) is 3.89. The van der Waals surface area contributed by atoms with Crippen molar-refractivity contribution in [2.24, 2.45) is 11.8 Å². The maximum absolute atomic E-state index is 12.2. The molecule has 3 rings (SSSR count). The van der Waals surface area contributed by atoms with Gasteiger partial charge < -0.3 is 14.2 Å². The van der Waals surface area contributed by atoms with Crippen LogP contribution < -0.4 is 4.74 Å². The lowest BCUT2D eigenvalue weighted by molar-refractivity contribution is -0.274. The Morgan fingerprint density at radius 3 is 2.41 bits per heavy atom. The van der Waals surface area contributed by atoms with E-state index < -0.39 is 6.36 Å². The van der Waals surface area contributed by atoms with Crippen LogP contribution in [0.15, 0.2) is 43.0 Å². The number of hydrogen-bond acceptors (Lipinski definition) is 3. The van der Waals surface area contributed by atoms with Crippen molar-refractivity contribution in [2.75, 3.05) is 13.2 Å². The average Bonchev–Trinajstić information content (AvgIpc) is 2.66. The number of ether oxygens (including phenoxy) is 3. The molecule has 0 aromatic heterocycles. The zero-order valence-corrected chi connectivity index (χ0v) is 15.2. The lowest BCUT2D eigenvalue weighted by atomic mass is 9.86. The molecule has 0 amide bonds. The first kappa shape index (κ1) is 20.0. The molecule has 1 aromatic carbocycles. The maximum atomic E-state index is 12.2. The van der Waals surface area contributed by atoms with Gasteiger partial charge in [-0.05, 0) is 55.4 Å². The van der Waals surface area contributed by atoms with E-state index in [-0.39, 0.29) is 12.0 Å². The average molecular weight is 382 g/mol. The van der Waals surface area contributed by atoms with E-state index in [2.05, 4.69) is 17.4 Å². The van der Waals surface area contributed by atoms with Crippen LogP contribution in [-0.4, -0.2) is 25.9 Å². The summed E-state index contributed by atoms with van der Waals surface area (Å²) in [5, 5.41) is 0. The smallest absolute Gasteiger partial charge is 0.406 e. The molecule has 0 spiro atoms. The molecule has 0 saturated carbocycles. The van der Waals surface area contributed by atoms with Crippen LogP contribution >= 0.6 is 0 Å². The molecule has 148 valence electrons. The SMILES string of the molecule is C=CCCC1COC(C2CC=C(c3ccc(OC(F)(F)F)cc3)CC2)OC1. The van der Waals surface area contributed by atoms with Crippen LogP contribution in [0.3, 0.4) is 0 Å². The first-order valence-corrected chi connectivity index (χ1v) is 9.34. The minimum absolute atomic E-state index is 0.162.